The van der Waals surface area contributed by atoms with Gasteiger partial charge in [-0.2, -0.15) is 0 Å². The van der Waals surface area contributed by atoms with E-state index in [0.29, 0.717) is 28.2 Å². The summed E-state index contributed by atoms with van der Waals surface area (Å²) in [5.74, 6) is -0.635. The van der Waals surface area contributed by atoms with Crippen molar-refractivity contribution in [2.45, 2.75) is 46.1 Å². The highest BCUT2D eigenvalue weighted by atomic mass is 16.2. The molecule has 0 spiro atoms. The normalized spacial score (nSPS) is 11.0. The number of carbonyl (C=O) groups is 3. The van der Waals surface area contributed by atoms with Crippen LogP contribution in [0.2, 0.25) is 0 Å². The number of rotatable bonds is 6. The fourth-order valence-corrected chi connectivity index (χ4v) is 3.38. The van der Waals surface area contributed by atoms with E-state index in [1.807, 2.05) is 26.0 Å². The second-order valence-electron chi connectivity index (χ2n) is 9.62. The fourth-order valence-electron chi connectivity index (χ4n) is 3.38. The summed E-state index contributed by atoms with van der Waals surface area (Å²) in [7, 11) is 0. The van der Waals surface area contributed by atoms with Gasteiger partial charge < -0.3 is 21.3 Å². The van der Waals surface area contributed by atoms with Crippen LogP contribution >= 0.6 is 0 Å². The Morgan fingerprint density at radius 3 is 1.80 bits per heavy atom. The molecule has 0 heterocycles. The summed E-state index contributed by atoms with van der Waals surface area (Å²) in [6.07, 6.45) is 0. The van der Waals surface area contributed by atoms with Crippen LogP contribution in [0.3, 0.4) is 0 Å². The zero-order valence-corrected chi connectivity index (χ0v) is 20.7. The number of benzene rings is 3. The standard InChI is InChI=1S/C28H32N4O3/c1-18(2)29-27(35)30-22-10-8-9-20(17-22)26(34)32-24-12-7-6-11-23(24)31-25(33)19-13-15-21(16-14-19)28(3,4)5/h6-18H,1-5H3,(H,31,33)(H,32,34)(H2,29,30,35). The first-order chi connectivity index (χ1) is 16.5. The molecule has 0 atom stereocenters. The maximum atomic E-state index is 12.9. The van der Waals surface area contributed by atoms with Gasteiger partial charge in [0.05, 0.1) is 11.4 Å². The summed E-state index contributed by atoms with van der Waals surface area (Å²) < 4.78 is 0. The second-order valence-corrected chi connectivity index (χ2v) is 9.62. The fraction of sp³-hybridized carbons (Fsp3) is 0.250. The lowest BCUT2D eigenvalue weighted by Gasteiger charge is -2.19. The van der Waals surface area contributed by atoms with Crippen molar-refractivity contribution in [2.75, 3.05) is 16.0 Å². The van der Waals surface area contributed by atoms with E-state index in [1.54, 1.807) is 60.7 Å². The van der Waals surface area contributed by atoms with Gasteiger partial charge in [-0.1, -0.05) is 51.1 Å². The number of para-hydroxylation sites is 2. The van der Waals surface area contributed by atoms with Gasteiger partial charge in [0.15, 0.2) is 0 Å². The van der Waals surface area contributed by atoms with E-state index < -0.39 is 0 Å². The maximum absolute atomic E-state index is 12.9. The highest BCUT2D eigenvalue weighted by Crippen LogP contribution is 2.25. The van der Waals surface area contributed by atoms with Crippen molar-refractivity contribution in [2.24, 2.45) is 0 Å². The molecule has 3 aromatic rings. The molecule has 0 aliphatic rings. The van der Waals surface area contributed by atoms with Crippen molar-refractivity contribution in [1.29, 1.82) is 0 Å². The van der Waals surface area contributed by atoms with Crippen LogP contribution in [0.25, 0.3) is 0 Å². The predicted octanol–water partition coefficient (Wildman–Crippen LogP) is 6.02. The van der Waals surface area contributed by atoms with E-state index in [0.717, 1.165) is 5.56 Å². The molecular formula is C28H32N4O3. The Hall–Kier alpha value is -4.13. The SMILES string of the molecule is CC(C)NC(=O)Nc1cccc(C(=O)Nc2ccccc2NC(=O)c2ccc(C(C)(C)C)cc2)c1. The largest absolute Gasteiger partial charge is 0.336 e. The molecule has 35 heavy (non-hydrogen) atoms. The molecule has 3 rings (SSSR count). The minimum atomic E-state index is -0.367. The lowest BCUT2D eigenvalue weighted by Crippen LogP contribution is -2.34. The molecule has 0 aliphatic carbocycles. The number of hydrogen-bond donors (Lipinski definition) is 4. The average Bonchev–Trinajstić information content (AvgIpc) is 2.79. The van der Waals surface area contributed by atoms with Gasteiger partial charge in [0.1, 0.15) is 0 Å². The van der Waals surface area contributed by atoms with Crippen molar-refractivity contribution in [1.82, 2.24) is 5.32 Å². The van der Waals surface area contributed by atoms with Crippen molar-refractivity contribution in [3.05, 3.63) is 89.5 Å². The summed E-state index contributed by atoms with van der Waals surface area (Å²) in [5.41, 5.74) is 3.47. The zero-order valence-electron chi connectivity index (χ0n) is 20.7. The Bertz CT molecular complexity index is 1210. The van der Waals surface area contributed by atoms with Gasteiger partial charge in [0.2, 0.25) is 0 Å². The molecule has 0 radical (unpaired) electrons. The van der Waals surface area contributed by atoms with Crippen LogP contribution in [0.5, 0.6) is 0 Å². The Balaban J connectivity index is 1.71. The van der Waals surface area contributed by atoms with Gasteiger partial charge in [-0.05, 0) is 67.3 Å². The van der Waals surface area contributed by atoms with Crippen LogP contribution in [-0.4, -0.2) is 23.9 Å². The molecule has 0 bridgehead atoms. The number of amides is 4. The van der Waals surface area contributed by atoms with E-state index in [1.165, 1.54) is 0 Å². The van der Waals surface area contributed by atoms with E-state index in [-0.39, 0.29) is 29.3 Å². The molecule has 0 saturated heterocycles. The Morgan fingerprint density at radius 1 is 0.686 bits per heavy atom. The minimum Gasteiger partial charge on any atom is -0.336 e. The lowest BCUT2D eigenvalue weighted by molar-refractivity contribution is 0.101. The van der Waals surface area contributed by atoms with Crippen LogP contribution in [0, 0.1) is 0 Å². The van der Waals surface area contributed by atoms with Crippen LogP contribution in [-0.2, 0) is 5.41 Å². The molecule has 0 fully saturated rings. The molecule has 3 aromatic carbocycles. The van der Waals surface area contributed by atoms with Crippen molar-refractivity contribution < 1.29 is 14.4 Å². The van der Waals surface area contributed by atoms with Crippen molar-refractivity contribution in [3.63, 3.8) is 0 Å². The van der Waals surface area contributed by atoms with Crippen molar-refractivity contribution >= 4 is 34.9 Å². The first kappa shape index (κ1) is 25.5. The molecule has 182 valence electrons. The number of nitrogens with one attached hydrogen (secondary N) is 4. The van der Waals surface area contributed by atoms with Crippen LogP contribution in [0.1, 0.15) is 60.9 Å². The van der Waals surface area contributed by atoms with E-state index in [9.17, 15) is 14.4 Å². The molecular weight excluding hydrogens is 440 g/mol. The molecule has 7 nitrogen and oxygen atoms in total. The molecule has 4 amide bonds. The van der Waals surface area contributed by atoms with E-state index in [4.69, 9.17) is 0 Å². The van der Waals surface area contributed by atoms with Gasteiger partial charge in [0.25, 0.3) is 11.8 Å². The number of hydrogen-bond acceptors (Lipinski definition) is 3. The second kappa shape index (κ2) is 10.9. The highest BCUT2D eigenvalue weighted by Gasteiger charge is 2.16. The topological polar surface area (TPSA) is 99.3 Å². The molecule has 4 N–H and O–H groups in total. The van der Waals surface area contributed by atoms with Crippen LogP contribution in [0.4, 0.5) is 21.9 Å². The molecule has 7 heteroatoms. The van der Waals surface area contributed by atoms with Gasteiger partial charge in [0, 0.05) is 22.9 Å². The van der Waals surface area contributed by atoms with Gasteiger partial charge in [-0.3, -0.25) is 9.59 Å². The third-order valence-corrected chi connectivity index (χ3v) is 5.24. The third-order valence-electron chi connectivity index (χ3n) is 5.24. The summed E-state index contributed by atoms with van der Waals surface area (Å²) in [6, 6.07) is 20.8. The Labute approximate surface area is 206 Å². The summed E-state index contributed by atoms with van der Waals surface area (Å²) >= 11 is 0. The van der Waals surface area contributed by atoms with Crippen LogP contribution in [0.15, 0.2) is 72.8 Å². The minimum absolute atomic E-state index is 0.00304. The maximum Gasteiger partial charge on any atom is 0.319 e. The quantitative estimate of drug-likeness (QED) is 0.353. The Kier molecular flexibility index (Phi) is 7.91. The Morgan fingerprint density at radius 2 is 1.26 bits per heavy atom. The van der Waals surface area contributed by atoms with E-state index >= 15 is 0 Å². The van der Waals surface area contributed by atoms with Gasteiger partial charge in [-0.25, -0.2) is 4.79 Å². The lowest BCUT2D eigenvalue weighted by atomic mass is 9.87. The zero-order chi connectivity index (χ0) is 25.6. The molecule has 0 aliphatic heterocycles. The molecule has 0 saturated carbocycles. The smallest absolute Gasteiger partial charge is 0.319 e. The van der Waals surface area contributed by atoms with Crippen LogP contribution < -0.4 is 21.3 Å². The molecule has 0 aromatic heterocycles. The summed E-state index contributed by atoms with van der Waals surface area (Å²) in [5, 5.41) is 11.2. The predicted molar refractivity (Wildman–Crippen MR) is 141 cm³/mol. The van der Waals surface area contributed by atoms with Gasteiger partial charge in [-0.15, -0.1) is 0 Å². The number of anilines is 3. The summed E-state index contributed by atoms with van der Waals surface area (Å²) in [4.78, 5) is 37.7. The highest BCUT2D eigenvalue weighted by molar-refractivity contribution is 6.10. The average molecular weight is 473 g/mol. The number of urea groups is 1. The van der Waals surface area contributed by atoms with E-state index in [2.05, 4.69) is 42.0 Å². The molecule has 0 unspecified atom stereocenters. The first-order valence-electron chi connectivity index (χ1n) is 11.5. The third kappa shape index (κ3) is 7.17. The van der Waals surface area contributed by atoms with Crippen molar-refractivity contribution in [3.8, 4) is 0 Å². The van der Waals surface area contributed by atoms with Gasteiger partial charge >= 0.3 is 6.03 Å². The first-order valence-corrected chi connectivity index (χ1v) is 11.5. The summed E-state index contributed by atoms with van der Waals surface area (Å²) in [6.45, 7) is 10.1. The monoisotopic (exact) mass is 472 g/mol. The number of carbonyl (C=O) groups excluding carboxylic acids is 3.